The van der Waals surface area contributed by atoms with E-state index in [9.17, 15) is 0 Å². The minimum Gasteiger partial charge on any atom is -0.367 e. The van der Waals surface area contributed by atoms with Gasteiger partial charge in [0.15, 0.2) is 0 Å². The molecule has 2 heterocycles. The number of nitrogens with one attached hydrogen (secondary N) is 1. The average molecular weight is 234 g/mol. The van der Waals surface area contributed by atoms with Gasteiger partial charge in [-0.15, -0.1) is 12.4 Å². The Hall–Kier alpha value is -1.61. The number of aromatic nitrogens is 1. The van der Waals surface area contributed by atoms with E-state index in [0.717, 1.165) is 30.1 Å². The number of amidine groups is 1. The second-order valence-corrected chi connectivity index (χ2v) is 3.55. The zero-order chi connectivity index (χ0) is 10.1. The van der Waals surface area contributed by atoms with Gasteiger partial charge in [0.1, 0.15) is 11.5 Å². The van der Waals surface area contributed by atoms with Gasteiger partial charge in [-0.1, -0.05) is 24.3 Å². The van der Waals surface area contributed by atoms with Gasteiger partial charge in [-0.2, -0.15) is 0 Å². The number of fused-ring (bicyclic) bond motifs is 1. The van der Waals surface area contributed by atoms with Gasteiger partial charge in [-0.3, -0.25) is 4.99 Å². The van der Waals surface area contributed by atoms with Crippen LogP contribution < -0.4 is 5.32 Å². The predicted octanol–water partition coefficient (Wildman–Crippen LogP) is 2.01. The van der Waals surface area contributed by atoms with E-state index >= 15 is 0 Å². The lowest BCUT2D eigenvalue weighted by Crippen LogP contribution is -2.20. The van der Waals surface area contributed by atoms with Crippen LogP contribution in [0.5, 0.6) is 0 Å². The number of nitrogens with zero attached hydrogens (tertiary/aromatic N) is 2. The summed E-state index contributed by atoms with van der Waals surface area (Å²) in [6.07, 6.45) is 0. The van der Waals surface area contributed by atoms with Crippen LogP contribution in [0.2, 0.25) is 0 Å². The van der Waals surface area contributed by atoms with Crippen LogP contribution in [-0.2, 0) is 0 Å². The Balaban J connectivity index is 0.000000963. The molecule has 3 rings (SSSR count). The topological polar surface area (TPSA) is 37.3 Å². The Bertz CT molecular complexity index is 537. The van der Waals surface area contributed by atoms with Gasteiger partial charge in [0.05, 0.1) is 12.1 Å². The van der Waals surface area contributed by atoms with Crippen LogP contribution in [0.15, 0.2) is 41.4 Å². The summed E-state index contributed by atoms with van der Waals surface area (Å²) in [5.41, 5.74) is 1.96. The molecule has 1 aliphatic heterocycles. The molecular formula is C12H12ClN3. The van der Waals surface area contributed by atoms with Crippen LogP contribution in [0.1, 0.15) is 5.69 Å². The van der Waals surface area contributed by atoms with Crippen molar-refractivity contribution >= 4 is 29.1 Å². The highest BCUT2D eigenvalue weighted by atomic mass is 35.5. The van der Waals surface area contributed by atoms with E-state index in [1.807, 2.05) is 24.3 Å². The highest BCUT2D eigenvalue weighted by Gasteiger charge is 2.09. The molecule has 0 aliphatic carbocycles. The molecule has 0 saturated heterocycles. The second-order valence-electron chi connectivity index (χ2n) is 3.55. The number of rotatable bonds is 1. The van der Waals surface area contributed by atoms with E-state index < -0.39 is 0 Å². The summed E-state index contributed by atoms with van der Waals surface area (Å²) >= 11 is 0. The number of halogens is 1. The summed E-state index contributed by atoms with van der Waals surface area (Å²) in [6.45, 7) is 1.77. The molecule has 0 amide bonds. The fraction of sp³-hybridized carbons (Fsp3) is 0.167. The van der Waals surface area contributed by atoms with E-state index in [-0.39, 0.29) is 12.4 Å². The first-order valence-corrected chi connectivity index (χ1v) is 5.08. The lowest BCUT2D eigenvalue weighted by molar-refractivity contribution is 0.958. The Morgan fingerprint density at radius 3 is 2.75 bits per heavy atom. The van der Waals surface area contributed by atoms with E-state index in [1.54, 1.807) is 0 Å². The van der Waals surface area contributed by atoms with Gasteiger partial charge in [0.2, 0.25) is 0 Å². The summed E-state index contributed by atoms with van der Waals surface area (Å²) in [5.74, 6) is 0.917. The van der Waals surface area contributed by atoms with Crippen LogP contribution in [0.4, 0.5) is 0 Å². The number of para-hydroxylation sites is 1. The summed E-state index contributed by atoms with van der Waals surface area (Å²) in [6, 6.07) is 12.2. The summed E-state index contributed by atoms with van der Waals surface area (Å²) in [5, 5.41) is 4.39. The zero-order valence-corrected chi connectivity index (χ0v) is 9.50. The highest BCUT2D eigenvalue weighted by molar-refractivity contribution is 5.99. The molecule has 4 heteroatoms. The van der Waals surface area contributed by atoms with Crippen LogP contribution >= 0.6 is 12.4 Å². The number of hydrogen-bond acceptors (Lipinski definition) is 3. The van der Waals surface area contributed by atoms with Gasteiger partial charge in [-0.25, -0.2) is 4.98 Å². The molecule has 0 bridgehead atoms. The van der Waals surface area contributed by atoms with Crippen molar-refractivity contribution in [1.82, 2.24) is 10.3 Å². The lowest BCUT2D eigenvalue weighted by atomic mass is 10.2. The van der Waals surface area contributed by atoms with Crippen molar-refractivity contribution in [2.75, 3.05) is 13.1 Å². The van der Waals surface area contributed by atoms with Crippen molar-refractivity contribution in [2.24, 2.45) is 4.99 Å². The summed E-state index contributed by atoms with van der Waals surface area (Å²) in [4.78, 5) is 8.92. The normalized spacial score (nSPS) is 14.1. The number of hydrogen-bond donors (Lipinski definition) is 1. The molecule has 82 valence electrons. The molecule has 0 fully saturated rings. The van der Waals surface area contributed by atoms with Gasteiger partial charge in [-0.05, 0) is 12.1 Å². The van der Waals surface area contributed by atoms with Crippen molar-refractivity contribution in [1.29, 1.82) is 0 Å². The molecule has 0 radical (unpaired) electrons. The number of benzene rings is 1. The highest BCUT2D eigenvalue weighted by Crippen LogP contribution is 2.12. The molecule has 1 N–H and O–H groups in total. The van der Waals surface area contributed by atoms with Crippen molar-refractivity contribution in [3.8, 4) is 0 Å². The molecule has 1 aliphatic rings. The first-order chi connectivity index (χ1) is 7.43. The van der Waals surface area contributed by atoms with Crippen molar-refractivity contribution in [2.45, 2.75) is 0 Å². The number of aliphatic imine (C=N–C) groups is 1. The van der Waals surface area contributed by atoms with Crippen LogP contribution in [-0.4, -0.2) is 23.9 Å². The predicted molar refractivity (Wildman–Crippen MR) is 68.4 cm³/mol. The van der Waals surface area contributed by atoms with Crippen molar-refractivity contribution in [3.05, 3.63) is 42.1 Å². The standard InChI is InChI=1S/C12H11N3.ClH/c1-2-4-10-9(3-1)5-6-11(15-10)12-13-7-8-14-12;/h1-6H,7-8H2,(H,13,14);1H. The zero-order valence-electron chi connectivity index (χ0n) is 8.68. The minimum atomic E-state index is 0. The summed E-state index contributed by atoms with van der Waals surface area (Å²) in [7, 11) is 0. The maximum absolute atomic E-state index is 4.56. The fourth-order valence-electron chi connectivity index (χ4n) is 1.77. The first kappa shape index (κ1) is 10.9. The fourth-order valence-corrected chi connectivity index (χ4v) is 1.77. The van der Waals surface area contributed by atoms with E-state index in [4.69, 9.17) is 0 Å². The maximum Gasteiger partial charge on any atom is 0.147 e. The molecule has 1 aromatic heterocycles. The second kappa shape index (κ2) is 4.49. The molecular weight excluding hydrogens is 222 g/mol. The molecule has 0 saturated carbocycles. The van der Waals surface area contributed by atoms with Gasteiger partial charge < -0.3 is 5.32 Å². The first-order valence-electron chi connectivity index (χ1n) is 5.08. The lowest BCUT2D eigenvalue weighted by Gasteiger charge is -2.02. The van der Waals surface area contributed by atoms with Gasteiger partial charge in [0.25, 0.3) is 0 Å². The van der Waals surface area contributed by atoms with Crippen LogP contribution in [0.3, 0.4) is 0 Å². The molecule has 0 unspecified atom stereocenters. The van der Waals surface area contributed by atoms with Gasteiger partial charge in [0, 0.05) is 11.9 Å². The Labute approximate surface area is 100 Å². The molecule has 0 spiro atoms. The van der Waals surface area contributed by atoms with E-state index in [2.05, 4.69) is 27.4 Å². The van der Waals surface area contributed by atoms with Crippen molar-refractivity contribution < 1.29 is 0 Å². The SMILES string of the molecule is Cl.c1ccc2nc(C3=NCCN3)ccc2c1. The Morgan fingerprint density at radius 1 is 1.06 bits per heavy atom. The van der Waals surface area contributed by atoms with E-state index in [1.165, 1.54) is 5.39 Å². The van der Waals surface area contributed by atoms with Crippen molar-refractivity contribution in [3.63, 3.8) is 0 Å². The summed E-state index contributed by atoms with van der Waals surface area (Å²) < 4.78 is 0. The molecule has 16 heavy (non-hydrogen) atoms. The minimum absolute atomic E-state index is 0. The van der Waals surface area contributed by atoms with E-state index in [0.29, 0.717) is 0 Å². The van der Waals surface area contributed by atoms with Crippen LogP contribution in [0, 0.1) is 0 Å². The van der Waals surface area contributed by atoms with Crippen LogP contribution in [0.25, 0.3) is 10.9 Å². The smallest absolute Gasteiger partial charge is 0.147 e. The molecule has 2 aromatic rings. The Kier molecular flexibility index (Phi) is 3.06. The third kappa shape index (κ3) is 1.86. The monoisotopic (exact) mass is 233 g/mol. The Morgan fingerprint density at radius 2 is 1.94 bits per heavy atom. The van der Waals surface area contributed by atoms with Gasteiger partial charge >= 0.3 is 0 Å². The quantitative estimate of drug-likeness (QED) is 0.818. The average Bonchev–Trinajstić information content (AvgIpc) is 2.82. The molecule has 1 aromatic carbocycles. The largest absolute Gasteiger partial charge is 0.367 e. The number of pyridine rings is 1. The molecule has 0 atom stereocenters. The third-order valence-electron chi connectivity index (χ3n) is 2.52. The molecule has 3 nitrogen and oxygen atoms in total. The maximum atomic E-state index is 4.56. The third-order valence-corrected chi connectivity index (χ3v) is 2.52.